The Balaban J connectivity index is 1.97. The fourth-order valence-electron chi connectivity index (χ4n) is 2.60. The van der Waals surface area contributed by atoms with Crippen LogP contribution < -0.4 is 5.32 Å². The molecule has 1 unspecified atom stereocenters. The number of sulfonamides is 1. The van der Waals surface area contributed by atoms with Crippen LogP contribution in [-0.4, -0.2) is 38.6 Å². The van der Waals surface area contributed by atoms with Crippen LogP contribution in [0.3, 0.4) is 0 Å². The molecule has 0 saturated carbocycles. The van der Waals surface area contributed by atoms with E-state index < -0.39 is 10.0 Å². The van der Waals surface area contributed by atoms with Crippen LogP contribution in [0.15, 0.2) is 18.2 Å². The number of aryl methyl sites for hydroxylation is 1. The molecule has 20 heavy (non-hydrogen) atoms. The summed E-state index contributed by atoms with van der Waals surface area (Å²) in [6.45, 7) is 3.55. The Morgan fingerprint density at radius 1 is 1.45 bits per heavy atom. The van der Waals surface area contributed by atoms with E-state index in [1.807, 2.05) is 13.0 Å². The molecular weight excluding hydrogens is 279 g/mol. The van der Waals surface area contributed by atoms with E-state index in [4.69, 9.17) is 0 Å². The standard InChI is InChI=1S/C14H21FN2O2S/c1-11-5-3-7-13(15)14(11)16-9-12-6-4-8-17(10-12)20(2,18)19/h3,5,7,12,16H,4,6,8-10H2,1-2H3. The van der Waals surface area contributed by atoms with E-state index in [0.717, 1.165) is 18.4 Å². The van der Waals surface area contributed by atoms with Gasteiger partial charge < -0.3 is 5.32 Å². The first-order valence-electron chi connectivity index (χ1n) is 6.82. The summed E-state index contributed by atoms with van der Waals surface area (Å²) in [4.78, 5) is 0. The molecule has 0 aliphatic carbocycles. The number of hydrogen-bond acceptors (Lipinski definition) is 3. The summed E-state index contributed by atoms with van der Waals surface area (Å²) >= 11 is 0. The van der Waals surface area contributed by atoms with Gasteiger partial charge in [-0.1, -0.05) is 12.1 Å². The molecule has 0 aromatic heterocycles. The Kier molecular flexibility index (Phi) is 4.65. The number of halogens is 1. The molecule has 1 aromatic carbocycles. The zero-order valence-corrected chi connectivity index (χ0v) is 12.7. The van der Waals surface area contributed by atoms with Crippen LogP contribution >= 0.6 is 0 Å². The summed E-state index contributed by atoms with van der Waals surface area (Å²) in [5, 5.41) is 3.13. The average Bonchev–Trinajstić information content (AvgIpc) is 2.37. The molecule has 1 N–H and O–H groups in total. The third-order valence-corrected chi connectivity index (χ3v) is 5.01. The van der Waals surface area contributed by atoms with Crippen molar-refractivity contribution in [2.24, 2.45) is 5.92 Å². The highest BCUT2D eigenvalue weighted by Gasteiger charge is 2.25. The van der Waals surface area contributed by atoms with E-state index in [0.29, 0.717) is 25.3 Å². The van der Waals surface area contributed by atoms with Crippen molar-refractivity contribution in [3.8, 4) is 0 Å². The highest BCUT2D eigenvalue weighted by atomic mass is 32.2. The molecular formula is C14H21FN2O2S. The lowest BCUT2D eigenvalue weighted by Gasteiger charge is -2.31. The number of benzene rings is 1. The summed E-state index contributed by atoms with van der Waals surface area (Å²) in [7, 11) is -3.13. The van der Waals surface area contributed by atoms with Gasteiger partial charge in [-0.2, -0.15) is 0 Å². The molecule has 0 spiro atoms. The van der Waals surface area contributed by atoms with Crippen molar-refractivity contribution >= 4 is 15.7 Å². The van der Waals surface area contributed by atoms with Crippen LogP contribution in [0, 0.1) is 18.7 Å². The zero-order chi connectivity index (χ0) is 14.8. The monoisotopic (exact) mass is 300 g/mol. The second kappa shape index (κ2) is 6.10. The number of nitrogens with one attached hydrogen (secondary N) is 1. The van der Waals surface area contributed by atoms with E-state index in [1.165, 1.54) is 16.6 Å². The maximum absolute atomic E-state index is 13.7. The summed E-state index contributed by atoms with van der Waals surface area (Å²) < 4.78 is 38.3. The van der Waals surface area contributed by atoms with E-state index >= 15 is 0 Å². The number of nitrogens with zero attached hydrogens (tertiary/aromatic N) is 1. The van der Waals surface area contributed by atoms with Crippen molar-refractivity contribution in [2.75, 3.05) is 31.2 Å². The van der Waals surface area contributed by atoms with Gasteiger partial charge in [-0.25, -0.2) is 17.1 Å². The van der Waals surface area contributed by atoms with Crippen LogP contribution in [0.5, 0.6) is 0 Å². The molecule has 2 rings (SSSR count). The van der Waals surface area contributed by atoms with Crippen LogP contribution in [0.25, 0.3) is 0 Å². The number of para-hydroxylation sites is 1. The molecule has 1 aromatic rings. The predicted molar refractivity (Wildman–Crippen MR) is 78.8 cm³/mol. The maximum Gasteiger partial charge on any atom is 0.211 e. The topological polar surface area (TPSA) is 49.4 Å². The van der Waals surface area contributed by atoms with Gasteiger partial charge in [-0.05, 0) is 37.3 Å². The fraction of sp³-hybridized carbons (Fsp3) is 0.571. The van der Waals surface area contributed by atoms with Crippen molar-refractivity contribution in [1.82, 2.24) is 4.31 Å². The molecule has 0 bridgehead atoms. The highest BCUT2D eigenvalue weighted by molar-refractivity contribution is 7.88. The maximum atomic E-state index is 13.7. The quantitative estimate of drug-likeness (QED) is 0.927. The SMILES string of the molecule is Cc1cccc(F)c1NCC1CCCN(S(C)(=O)=O)C1. The van der Waals surface area contributed by atoms with Crippen LogP contribution in [0.4, 0.5) is 10.1 Å². The third kappa shape index (κ3) is 3.70. The van der Waals surface area contributed by atoms with Crippen molar-refractivity contribution in [2.45, 2.75) is 19.8 Å². The predicted octanol–water partition coefficient (Wildman–Crippen LogP) is 2.22. The van der Waals surface area contributed by atoms with Gasteiger partial charge in [-0.15, -0.1) is 0 Å². The molecule has 1 atom stereocenters. The summed E-state index contributed by atoms with van der Waals surface area (Å²) in [5.74, 6) is -0.0433. The largest absolute Gasteiger partial charge is 0.382 e. The lowest BCUT2D eigenvalue weighted by Crippen LogP contribution is -2.41. The Bertz CT molecular complexity index is 554. The lowest BCUT2D eigenvalue weighted by molar-refractivity contribution is 0.276. The third-order valence-electron chi connectivity index (χ3n) is 3.74. The average molecular weight is 300 g/mol. The van der Waals surface area contributed by atoms with Gasteiger partial charge in [0, 0.05) is 19.6 Å². The van der Waals surface area contributed by atoms with Gasteiger partial charge in [0.15, 0.2) is 0 Å². The van der Waals surface area contributed by atoms with Crippen molar-refractivity contribution in [1.29, 1.82) is 0 Å². The molecule has 0 amide bonds. The van der Waals surface area contributed by atoms with Crippen molar-refractivity contribution in [3.63, 3.8) is 0 Å². The lowest BCUT2D eigenvalue weighted by atomic mass is 9.99. The smallest absolute Gasteiger partial charge is 0.211 e. The van der Waals surface area contributed by atoms with Gasteiger partial charge in [0.25, 0.3) is 0 Å². The van der Waals surface area contributed by atoms with Crippen LogP contribution in [-0.2, 0) is 10.0 Å². The molecule has 1 aliphatic rings. The molecule has 1 fully saturated rings. The van der Waals surface area contributed by atoms with Gasteiger partial charge in [0.2, 0.25) is 10.0 Å². The molecule has 112 valence electrons. The zero-order valence-electron chi connectivity index (χ0n) is 11.9. The second-order valence-corrected chi connectivity index (χ2v) is 7.42. The second-order valence-electron chi connectivity index (χ2n) is 5.44. The molecule has 4 nitrogen and oxygen atoms in total. The number of rotatable bonds is 4. The van der Waals surface area contributed by atoms with Crippen molar-refractivity contribution in [3.05, 3.63) is 29.6 Å². The van der Waals surface area contributed by atoms with Crippen LogP contribution in [0.1, 0.15) is 18.4 Å². The van der Waals surface area contributed by atoms with E-state index in [9.17, 15) is 12.8 Å². The Hall–Kier alpha value is -1.14. The van der Waals surface area contributed by atoms with E-state index in [2.05, 4.69) is 5.32 Å². The minimum atomic E-state index is -3.13. The minimum Gasteiger partial charge on any atom is -0.382 e. The molecule has 1 saturated heterocycles. The normalized spacial score (nSPS) is 20.9. The summed E-state index contributed by atoms with van der Waals surface area (Å²) in [5.41, 5.74) is 1.38. The minimum absolute atomic E-state index is 0.220. The van der Waals surface area contributed by atoms with Crippen molar-refractivity contribution < 1.29 is 12.8 Å². The van der Waals surface area contributed by atoms with E-state index in [-0.39, 0.29) is 11.7 Å². The number of anilines is 1. The van der Waals surface area contributed by atoms with E-state index in [1.54, 1.807) is 6.07 Å². The fourth-order valence-corrected chi connectivity index (χ4v) is 3.54. The highest BCUT2D eigenvalue weighted by Crippen LogP contribution is 2.22. The number of piperidine rings is 1. The first-order chi connectivity index (χ1) is 9.38. The van der Waals surface area contributed by atoms with Gasteiger partial charge >= 0.3 is 0 Å². The first kappa shape index (κ1) is 15.3. The van der Waals surface area contributed by atoms with Gasteiger partial charge in [0.1, 0.15) is 5.82 Å². The Labute approximate surface area is 120 Å². The molecule has 0 radical (unpaired) electrons. The van der Waals surface area contributed by atoms with Gasteiger partial charge in [0.05, 0.1) is 11.9 Å². The first-order valence-corrected chi connectivity index (χ1v) is 8.67. The Morgan fingerprint density at radius 3 is 2.85 bits per heavy atom. The number of hydrogen-bond donors (Lipinski definition) is 1. The summed E-state index contributed by atoms with van der Waals surface area (Å²) in [6.07, 6.45) is 3.06. The van der Waals surface area contributed by atoms with Gasteiger partial charge in [-0.3, -0.25) is 0 Å². The molecule has 1 heterocycles. The summed E-state index contributed by atoms with van der Waals surface area (Å²) in [6, 6.07) is 4.97. The molecule has 6 heteroatoms. The van der Waals surface area contributed by atoms with Crippen LogP contribution in [0.2, 0.25) is 0 Å². The molecule has 1 aliphatic heterocycles. The Morgan fingerprint density at radius 2 is 2.20 bits per heavy atom.